The van der Waals surface area contributed by atoms with Crippen LogP contribution < -0.4 is 15.4 Å². The molecule has 5 nitrogen and oxygen atoms in total. The number of carbonyl (C=O) groups excluding carboxylic acids is 2. The average molecular weight is 402 g/mol. The van der Waals surface area contributed by atoms with E-state index in [1.165, 1.54) is 0 Å². The van der Waals surface area contributed by atoms with Crippen molar-refractivity contribution < 1.29 is 14.3 Å². The van der Waals surface area contributed by atoms with Crippen LogP contribution in [0.5, 0.6) is 5.75 Å². The molecule has 3 aromatic carbocycles. The highest BCUT2D eigenvalue weighted by molar-refractivity contribution is 6.04. The average Bonchev–Trinajstić information content (AvgIpc) is 2.79. The van der Waals surface area contributed by atoms with Gasteiger partial charge in [0.25, 0.3) is 11.8 Å². The maximum atomic E-state index is 12.3. The van der Waals surface area contributed by atoms with Gasteiger partial charge >= 0.3 is 0 Å². The second kappa shape index (κ2) is 10.3. The molecule has 0 aliphatic rings. The summed E-state index contributed by atoms with van der Waals surface area (Å²) in [5.74, 6) is 0.523. The van der Waals surface area contributed by atoms with E-state index in [9.17, 15) is 9.59 Å². The molecule has 1 atom stereocenters. The van der Waals surface area contributed by atoms with Gasteiger partial charge in [0.1, 0.15) is 5.75 Å². The van der Waals surface area contributed by atoms with Crippen molar-refractivity contribution in [1.29, 1.82) is 0 Å². The molecule has 0 radical (unpaired) electrons. The van der Waals surface area contributed by atoms with Crippen molar-refractivity contribution in [3.05, 3.63) is 90.0 Å². The van der Waals surface area contributed by atoms with Gasteiger partial charge in [-0.1, -0.05) is 50.2 Å². The topological polar surface area (TPSA) is 67.4 Å². The van der Waals surface area contributed by atoms with E-state index in [1.807, 2.05) is 42.5 Å². The molecule has 0 saturated heterocycles. The number of hydrogen-bond acceptors (Lipinski definition) is 3. The normalized spacial score (nSPS) is 11.4. The van der Waals surface area contributed by atoms with Crippen LogP contribution in [0.15, 0.2) is 78.9 Å². The van der Waals surface area contributed by atoms with E-state index in [-0.39, 0.29) is 18.4 Å². The van der Waals surface area contributed by atoms with Crippen molar-refractivity contribution >= 4 is 23.2 Å². The number of rotatable bonds is 8. The minimum absolute atomic E-state index is 0.0927. The number of anilines is 2. The number of benzene rings is 3. The molecule has 2 amide bonds. The lowest BCUT2D eigenvalue weighted by molar-refractivity contribution is -0.118. The highest BCUT2D eigenvalue weighted by Gasteiger charge is 2.11. The first-order valence-corrected chi connectivity index (χ1v) is 10.0. The number of carbonyl (C=O) groups is 2. The Labute approximate surface area is 177 Å². The van der Waals surface area contributed by atoms with E-state index in [0.29, 0.717) is 22.9 Å². The molecule has 0 heterocycles. The van der Waals surface area contributed by atoms with Gasteiger partial charge in [-0.2, -0.15) is 0 Å². The summed E-state index contributed by atoms with van der Waals surface area (Å²) in [4.78, 5) is 24.5. The Morgan fingerprint density at radius 2 is 1.53 bits per heavy atom. The van der Waals surface area contributed by atoms with Crippen molar-refractivity contribution in [2.24, 2.45) is 0 Å². The lowest BCUT2D eigenvalue weighted by atomic mass is 9.97. The Morgan fingerprint density at radius 3 is 2.23 bits per heavy atom. The molecule has 0 aromatic heterocycles. The Bertz CT molecular complexity index is 985. The zero-order valence-electron chi connectivity index (χ0n) is 17.2. The maximum absolute atomic E-state index is 12.3. The summed E-state index contributed by atoms with van der Waals surface area (Å²) in [5, 5.41) is 5.76. The van der Waals surface area contributed by atoms with E-state index >= 15 is 0 Å². The third-order valence-electron chi connectivity index (χ3n) is 4.90. The largest absolute Gasteiger partial charge is 0.484 e. The van der Waals surface area contributed by atoms with Gasteiger partial charge in [-0.25, -0.2) is 0 Å². The predicted octanol–water partition coefficient (Wildman–Crippen LogP) is 5.47. The van der Waals surface area contributed by atoms with Gasteiger partial charge in [-0.05, 0) is 60.4 Å². The summed E-state index contributed by atoms with van der Waals surface area (Å²) < 4.78 is 5.59. The molecular weight excluding hydrogens is 376 g/mol. The van der Waals surface area contributed by atoms with Gasteiger partial charge in [0, 0.05) is 16.9 Å². The number of ether oxygens (including phenoxy) is 1. The first-order valence-electron chi connectivity index (χ1n) is 10.0. The van der Waals surface area contributed by atoms with Crippen LogP contribution in [0.2, 0.25) is 0 Å². The molecule has 0 spiro atoms. The third kappa shape index (κ3) is 5.70. The first kappa shape index (κ1) is 21.1. The lowest BCUT2D eigenvalue weighted by Gasteiger charge is -2.15. The highest BCUT2D eigenvalue weighted by atomic mass is 16.5. The molecule has 30 heavy (non-hydrogen) atoms. The summed E-state index contributed by atoms with van der Waals surface area (Å²) in [6.45, 7) is 4.17. The van der Waals surface area contributed by atoms with Crippen LogP contribution >= 0.6 is 0 Å². The van der Waals surface area contributed by atoms with E-state index in [4.69, 9.17) is 4.74 Å². The van der Waals surface area contributed by atoms with E-state index in [2.05, 4.69) is 24.5 Å². The van der Waals surface area contributed by atoms with Gasteiger partial charge in [0.15, 0.2) is 6.61 Å². The Kier molecular flexibility index (Phi) is 7.22. The zero-order valence-corrected chi connectivity index (χ0v) is 17.2. The van der Waals surface area contributed by atoms with Crippen LogP contribution in [0.1, 0.15) is 42.1 Å². The lowest BCUT2D eigenvalue weighted by Crippen LogP contribution is -2.21. The number of para-hydroxylation sites is 1. The van der Waals surface area contributed by atoms with Gasteiger partial charge < -0.3 is 15.4 Å². The van der Waals surface area contributed by atoms with Gasteiger partial charge in [-0.15, -0.1) is 0 Å². The van der Waals surface area contributed by atoms with Gasteiger partial charge in [0.2, 0.25) is 0 Å². The molecule has 2 N–H and O–H groups in total. The van der Waals surface area contributed by atoms with E-state index < -0.39 is 0 Å². The Balaban J connectivity index is 1.53. The molecule has 0 aliphatic heterocycles. The fraction of sp³-hybridized carbons (Fsp3) is 0.200. The third-order valence-corrected chi connectivity index (χ3v) is 4.90. The Hall–Kier alpha value is -3.60. The standard InChI is InChI=1S/C25H26N2O3/c1-3-18(2)22-11-7-8-12-23(22)27-24(28)17-30-21-15-13-20(14-16-21)26-25(29)19-9-5-4-6-10-19/h4-16,18H,3,17H2,1-2H3,(H,26,29)(H,27,28). The van der Waals surface area contributed by atoms with E-state index in [0.717, 1.165) is 17.7 Å². The molecule has 0 aliphatic carbocycles. The smallest absolute Gasteiger partial charge is 0.262 e. The maximum Gasteiger partial charge on any atom is 0.262 e. The van der Waals surface area contributed by atoms with Crippen LogP contribution in [0.4, 0.5) is 11.4 Å². The second-order valence-corrected chi connectivity index (χ2v) is 7.08. The summed E-state index contributed by atoms with van der Waals surface area (Å²) in [7, 11) is 0. The van der Waals surface area contributed by atoms with Gasteiger partial charge in [-0.3, -0.25) is 9.59 Å². The van der Waals surface area contributed by atoms with Crippen molar-refractivity contribution in [2.75, 3.05) is 17.2 Å². The first-order chi connectivity index (χ1) is 14.6. The number of amides is 2. The summed E-state index contributed by atoms with van der Waals surface area (Å²) in [6.07, 6.45) is 0.997. The number of nitrogens with one attached hydrogen (secondary N) is 2. The fourth-order valence-corrected chi connectivity index (χ4v) is 3.02. The minimum Gasteiger partial charge on any atom is -0.484 e. The van der Waals surface area contributed by atoms with Crippen molar-refractivity contribution in [3.63, 3.8) is 0 Å². The minimum atomic E-state index is -0.216. The quantitative estimate of drug-likeness (QED) is 0.525. The molecule has 3 aromatic rings. The van der Waals surface area contributed by atoms with Gasteiger partial charge in [0.05, 0.1) is 0 Å². The SMILES string of the molecule is CCC(C)c1ccccc1NC(=O)COc1ccc(NC(=O)c2ccccc2)cc1. The molecule has 0 bridgehead atoms. The molecule has 0 fully saturated rings. The van der Waals surface area contributed by atoms with Crippen molar-refractivity contribution in [2.45, 2.75) is 26.2 Å². The number of hydrogen-bond donors (Lipinski definition) is 2. The Morgan fingerprint density at radius 1 is 0.867 bits per heavy atom. The highest BCUT2D eigenvalue weighted by Crippen LogP contribution is 2.26. The molecule has 0 saturated carbocycles. The van der Waals surface area contributed by atoms with Crippen LogP contribution in [0.3, 0.4) is 0 Å². The monoisotopic (exact) mass is 402 g/mol. The molecule has 1 unspecified atom stereocenters. The second-order valence-electron chi connectivity index (χ2n) is 7.08. The van der Waals surface area contributed by atoms with Crippen LogP contribution in [-0.2, 0) is 4.79 Å². The summed E-state index contributed by atoms with van der Waals surface area (Å²) in [5.41, 5.74) is 3.18. The van der Waals surface area contributed by atoms with Crippen LogP contribution in [0, 0.1) is 0 Å². The molecule has 3 rings (SSSR count). The molecular formula is C25H26N2O3. The van der Waals surface area contributed by atoms with E-state index in [1.54, 1.807) is 36.4 Å². The zero-order chi connectivity index (χ0) is 21.3. The van der Waals surface area contributed by atoms with Crippen LogP contribution in [0.25, 0.3) is 0 Å². The summed E-state index contributed by atoms with van der Waals surface area (Å²) in [6, 6.07) is 23.8. The van der Waals surface area contributed by atoms with Crippen LogP contribution in [-0.4, -0.2) is 18.4 Å². The predicted molar refractivity (Wildman–Crippen MR) is 120 cm³/mol. The summed E-state index contributed by atoms with van der Waals surface area (Å²) >= 11 is 0. The fourth-order valence-electron chi connectivity index (χ4n) is 3.02. The van der Waals surface area contributed by atoms with Crippen molar-refractivity contribution in [1.82, 2.24) is 0 Å². The molecule has 154 valence electrons. The van der Waals surface area contributed by atoms with Crippen molar-refractivity contribution in [3.8, 4) is 5.75 Å². The molecule has 5 heteroatoms.